The molecule has 1 aromatic rings. The Hall–Kier alpha value is -2.04. The van der Waals surface area contributed by atoms with Gasteiger partial charge in [0.05, 0.1) is 6.54 Å². The Labute approximate surface area is 124 Å². The summed E-state index contributed by atoms with van der Waals surface area (Å²) in [6.07, 6.45) is -0.587. The van der Waals surface area contributed by atoms with Crippen LogP contribution in [0.4, 0.5) is 4.79 Å². The lowest BCUT2D eigenvalue weighted by molar-refractivity contribution is -0.144. The molecule has 0 bridgehead atoms. The van der Waals surface area contributed by atoms with Crippen LogP contribution in [0.1, 0.15) is 44.7 Å². The van der Waals surface area contributed by atoms with E-state index in [-0.39, 0.29) is 12.5 Å². The molecule has 1 aliphatic heterocycles. The molecule has 1 N–H and O–H groups in total. The third kappa shape index (κ3) is 3.17. The Morgan fingerprint density at radius 2 is 1.90 bits per heavy atom. The summed E-state index contributed by atoms with van der Waals surface area (Å²) < 4.78 is 5.34. The Kier molecular flexibility index (Phi) is 3.94. The Morgan fingerprint density at radius 1 is 1.29 bits per heavy atom. The van der Waals surface area contributed by atoms with Crippen LogP contribution in [0.3, 0.4) is 0 Å². The van der Waals surface area contributed by atoms with Gasteiger partial charge in [0.2, 0.25) is 0 Å². The van der Waals surface area contributed by atoms with E-state index in [1.165, 1.54) is 4.90 Å². The van der Waals surface area contributed by atoms with Gasteiger partial charge in [-0.25, -0.2) is 9.59 Å². The number of carboxylic acids is 1. The fourth-order valence-corrected chi connectivity index (χ4v) is 2.69. The van der Waals surface area contributed by atoms with Gasteiger partial charge >= 0.3 is 12.1 Å². The third-order valence-electron chi connectivity index (χ3n) is 3.58. The van der Waals surface area contributed by atoms with Crippen molar-refractivity contribution < 1.29 is 19.4 Å². The van der Waals surface area contributed by atoms with Crippen molar-refractivity contribution in [2.75, 3.05) is 0 Å². The molecule has 0 aliphatic carbocycles. The minimum absolute atomic E-state index is 0.256. The zero-order valence-electron chi connectivity index (χ0n) is 12.8. The molecule has 0 aromatic heterocycles. The van der Waals surface area contributed by atoms with E-state index in [4.69, 9.17) is 4.74 Å². The van der Waals surface area contributed by atoms with E-state index in [1.807, 2.05) is 31.2 Å². The summed E-state index contributed by atoms with van der Waals surface area (Å²) in [5.74, 6) is -1.29. The third-order valence-corrected chi connectivity index (χ3v) is 3.58. The molecule has 114 valence electrons. The number of ether oxygens (including phenoxy) is 1. The number of carboxylic acid groups (broad SMARTS) is 1. The molecule has 21 heavy (non-hydrogen) atoms. The molecule has 1 heterocycles. The van der Waals surface area contributed by atoms with E-state index in [9.17, 15) is 14.7 Å². The van der Waals surface area contributed by atoms with Crippen molar-refractivity contribution in [2.45, 2.75) is 51.8 Å². The van der Waals surface area contributed by atoms with Crippen LogP contribution in [-0.4, -0.2) is 33.7 Å². The Morgan fingerprint density at radius 3 is 2.48 bits per heavy atom. The first-order valence-corrected chi connectivity index (χ1v) is 7.01. The SMILES string of the molecule is C[C@@H]1c2ccccc2CN(C(=O)OC(C)(C)C)[C@@H]1C(=O)O. The summed E-state index contributed by atoms with van der Waals surface area (Å²) in [7, 11) is 0. The van der Waals surface area contributed by atoms with Gasteiger partial charge < -0.3 is 9.84 Å². The second kappa shape index (κ2) is 5.39. The average Bonchev–Trinajstić information content (AvgIpc) is 2.36. The first-order chi connectivity index (χ1) is 9.70. The summed E-state index contributed by atoms with van der Waals surface area (Å²) in [6.45, 7) is 7.38. The zero-order valence-corrected chi connectivity index (χ0v) is 12.8. The van der Waals surface area contributed by atoms with Crippen LogP contribution in [0.15, 0.2) is 24.3 Å². The molecule has 0 unspecified atom stereocenters. The van der Waals surface area contributed by atoms with Crippen molar-refractivity contribution in [2.24, 2.45) is 0 Å². The van der Waals surface area contributed by atoms with Crippen LogP contribution in [-0.2, 0) is 16.1 Å². The number of carbonyl (C=O) groups is 2. The number of hydrogen-bond donors (Lipinski definition) is 1. The largest absolute Gasteiger partial charge is 0.480 e. The highest BCUT2D eigenvalue weighted by molar-refractivity contribution is 5.82. The fraction of sp³-hybridized carbons (Fsp3) is 0.500. The molecule has 1 aliphatic rings. The van der Waals surface area contributed by atoms with Gasteiger partial charge in [-0.3, -0.25) is 4.90 Å². The summed E-state index contributed by atoms with van der Waals surface area (Å²) in [6, 6.07) is 6.70. The molecular formula is C16H21NO4. The zero-order chi connectivity index (χ0) is 15.8. The van der Waals surface area contributed by atoms with Crippen molar-refractivity contribution in [1.82, 2.24) is 4.90 Å². The lowest BCUT2D eigenvalue weighted by atomic mass is 9.85. The molecule has 1 aromatic carbocycles. The maximum absolute atomic E-state index is 12.3. The second-order valence-electron chi connectivity index (χ2n) is 6.38. The van der Waals surface area contributed by atoms with Crippen molar-refractivity contribution >= 4 is 12.1 Å². The van der Waals surface area contributed by atoms with E-state index in [2.05, 4.69) is 0 Å². The normalized spacial score (nSPS) is 21.6. The van der Waals surface area contributed by atoms with Gasteiger partial charge in [-0.05, 0) is 31.9 Å². The number of aliphatic carboxylic acids is 1. The monoisotopic (exact) mass is 291 g/mol. The highest BCUT2D eigenvalue weighted by Gasteiger charge is 2.41. The summed E-state index contributed by atoms with van der Waals surface area (Å²) >= 11 is 0. The molecule has 1 amide bonds. The van der Waals surface area contributed by atoms with Crippen LogP contribution in [0.2, 0.25) is 0 Å². The number of nitrogens with zero attached hydrogens (tertiary/aromatic N) is 1. The molecule has 2 atom stereocenters. The molecule has 0 radical (unpaired) electrons. The van der Waals surface area contributed by atoms with Gasteiger partial charge in [-0.1, -0.05) is 31.2 Å². The number of fused-ring (bicyclic) bond motifs is 1. The van der Waals surface area contributed by atoms with Gasteiger partial charge in [0, 0.05) is 5.92 Å². The number of carbonyl (C=O) groups excluding carboxylic acids is 1. The highest BCUT2D eigenvalue weighted by Crippen LogP contribution is 2.34. The lowest BCUT2D eigenvalue weighted by Crippen LogP contribution is -2.51. The maximum atomic E-state index is 12.3. The minimum atomic E-state index is -1.01. The van der Waals surface area contributed by atoms with Crippen LogP contribution >= 0.6 is 0 Å². The number of rotatable bonds is 1. The standard InChI is InChI=1S/C16H21NO4/c1-10-12-8-6-5-7-11(12)9-17(13(10)14(18)19)15(20)21-16(2,3)4/h5-8,10,13H,9H2,1-4H3,(H,18,19)/t10-,13+/m1/s1. The Balaban J connectivity index is 2.36. The van der Waals surface area contributed by atoms with Crippen molar-refractivity contribution in [3.05, 3.63) is 35.4 Å². The minimum Gasteiger partial charge on any atom is -0.480 e. The van der Waals surface area contributed by atoms with Crippen LogP contribution in [0, 0.1) is 0 Å². The quantitative estimate of drug-likeness (QED) is 0.863. The topological polar surface area (TPSA) is 66.8 Å². The van der Waals surface area contributed by atoms with Gasteiger partial charge in [0.1, 0.15) is 11.6 Å². The maximum Gasteiger partial charge on any atom is 0.411 e. The molecule has 0 fully saturated rings. The molecule has 2 rings (SSSR count). The first kappa shape index (κ1) is 15.4. The second-order valence-corrected chi connectivity index (χ2v) is 6.38. The predicted octanol–water partition coefficient (Wildman–Crippen LogP) is 2.99. The van der Waals surface area contributed by atoms with Gasteiger partial charge in [0.25, 0.3) is 0 Å². The van der Waals surface area contributed by atoms with E-state index in [0.29, 0.717) is 0 Å². The number of benzene rings is 1. The van der Waals surface area contributed by atoms with Crippen molar-refractivity contribution in [1.29, 1.82) is 0 Å². The fourth-order valence-electron chi connectivity index (χ4n) is 2.69. The van der Waals surface area contributed by atoms with Gasteiger partial charge in [0.15, 0.2) is 0 Å². The predicted molar refractivity (Wildman–Crippen MR) is 78.1 cm³/mol. The number of amides is 1. The van der Waals surface area contributed by atoms with Crippen molar-refractivity contribution in [3.63, 3.8) is 0 Å². The molecule has 5 heteroatoms. The number of hydrogen-bond acceptors (Lipinski definition) is 3. The molecule has 0 spiro atoms. The molecular weight excluding hydrogens is 270 g/mol. The van der Waals surface area contributed by atoms with E-state index in [0.717, 1.165) is 11.1 Å². The van der Waals surface area contributed by atoms with Crippen LogP contribution in [0.5, 0.6) is 0 Å². The smallest absolute Gasteiger partial charge is 0.411 e. The Bertz CT molecular complexity index is 562. The van der Waals surface area contributed by atoms with Crippen molar-refractivity contribution in [3.8, 4) is 0 Å². The summed E-state index contributed by atoms with van der Waals surface area (Å²) in [4.78, 5) is 25.2. The average molecular weight is 291 g/mol. The summed E-state index contributed by atoms with van der Waals surface area (Å²) in [5.41, 5.74) is 1.29. The van der Waals surface area contributed by atoms with Gasteiger partial charge in [-0.2, -0.15) is 0 Å². The van der Waals surface area contributed by atoms with Crippen LogP contribution in [0.25, 0.3) is 0 Å². The van der Waals surface area contributed by atoms with Gasteiger partial charge in [-0.15, -0.1) is 0 Å². The van der Waals surface area contributed by atoms with E-state index < -0.39 is 23.7 Å². The summed E-state index contributed by atoms with van der Waals surface area (Å²) in [5, 5.41) is 9.50. The molecule has 5 nitrogen and oxygen atoms in total. The molecule has 0 saturated carbocycles. The van der Waals surface area contributed by atoms with E-state index in [1.54, 1.807) is 20.8 Å². The van der Waals surface area contributed by atoms with E-state index >= 15 is 0 Å². The first-order valence-electron chi connectivity index (χ1n) is 7.01. The molecule has 0 saturated heterocycles. The van der Waals surface area contributed by atoms with Crippen LogP contribution < -0.4 is 0 Å². The lowest BCUT2D eigenvalue weighted by Gasteiger charge is -2.39. The highest BCUT2D eigenvalue weighted by atomic mass is 16.6.